The average Bonchev–Trinajstić information content (AvgIpc) is 1.86. The van der Waals surface area contributed by atoms with E-state index in [0.717, 1.165) is 19.3 Å². The van der Waals surface area contributed by atoms with Gasteiger partial charge in [0.05, 0.1) is 12.5 Å². The molecule has 1 aliphatic carbocycles. The van der Waals surface area contributed by atoms with Crippen LogP contribution >= 0.6 is 12.4 Å². The topological polar surface area (TPSA) is 52.3 Å². The van der Waals surface area contributed by atoms with Gasteiger partial charge in [-0.15, -0.1) is 12.4 Å². The molecule has 0 saturated heterocycles. The van der Waals surface area contributed by atoms with E-state index in [1.54, 1.807) is 0 Å². The van der Waals surface area contributed by atoms with E-state index in [4.69, 9.17) is 5.73 Å². The molecule has 66 valence electrons. The second-order valence-corrected chi connectivity index (χ2v) is 2.83. The van der Waals surface area contributed by atoms with Gasteiger partial charge in [0.25, 0.3) is 0 Å². The molecule has 1 fully saturated rings. The summed E-state index contributed by atoms with van der Waals surface area (Å²) < 4.78 is 4.63. The first-order valence-electron chi connectivity index (χ1n) is 3.54. The third-order valence-corrected chi connectivity index (χ3v) is 2.32. The SMILES string of the molecule is COC(=O)C1(CN)CCC1.Cl. The fraction of sp³-hybridized carbons (Fsp3) is 0.857. The van der Waals surface area contributed by atoms with Gasteiger partial charge in [0, 0.05) is 6.54 Å². The van der Waals surface area contributed by atoms with E-state index in [1.807, 2.05) is 0 Å². The molecule has 2 N–H and O–H groups in total. The second kappa shape index (κ2) is 3.93. The molecule has 1 saturated carbocycles. The van der Waals surface area contributed by atoms with Crippen LogP contribution in [0.5, 0.6) is 0 Å². The van der Waals surface area contributed by atoms with Crippen molar-refractivity contribution in [3.05, 3.63) is 0 Å². The minimum Gasteiger partial charge on any atom is -0.469 e. The Morgan fingerprint density at radius 1 is 1.64 bits per heavy atom. The van der Waals surface area contributed by atoms with Gasteiger partial charge < -0.3 is 10.5 Å². The summed E-state index contributed by atoms with van der Waals surface area (Å²) in [6.07, 6.45) is 2.90. The van der Waals surface area contributed by atoms with Crippen LogP contribution in [0.15, 0.2) is 0 Å². The quantitative estimate of drug-likeness (QED) is 0.636. The number of esters is 1. The first-order chi connectivity index (χ1) is 4.75. The van der Waals surface area contributed by atoms with E-state index in [-0.39, 0.29) is 23.8 Å². The number of carbonyl (C=O) groups excluding carboxylic acids is 1. The van der Waals surface area contributed by atoms with Crippen molar-refractivity contribution in [2.24, 2.45) is 11.1 Å². The minimum atomic E-state index is -0.311. The number of carbonyl (C=O) groups is 1. The van der Waals surface area contributed by atoms with E-state index in [0.29, 0.717) is 6.54 Å². The van der Waals surface area contributed by atoms with Crippen molar-refractivity contribution in [1.82, 2.24) is 0 Å². The summed E-state index contributed by atoms with van der Waals surface area (Å²) in [5.41, 5.74) is 5.13. The zero-order valence-corrected chi connectivity index (χ0v) is 7.45. The smallest absolute Gasteiger partial charge is 0.313 e. The molecule has 0 aromatic rings. The highest BCUT2D eigenvalue weighted by Gasteiger charge is 2.43. The van der Waals surface area contributed by atoms with Crippen LogP contribution in [-0.4, -0.2) is 19.6 Å². The molecule has 1 aliphatic rings. The Kier molecular flexibility index (Phi) is 3.83. The monoisotopic (exact) mass is 179 g/mol. The van der Waals surface area contributed by atoms with Gasteiger partial charge in [-0.25, -0.2) is 0 Å². The highest BCUT2D eigenvalue weighted by Crippen LogP contribution is 2.40. The molecular formula is C7H14ClNO2. The van der Waals surface area contributed by atoms with Crippen LogP contribution in [0.25, 0.3) is 0 Å². The summed E-state index contributed by atoms with van der Waals surface area (Å²) in [4.78, 5) is 11.0. The van der Waals surface area contributed by atoms with Crippen molar-refractivity contribution in [2.75, 3.05) is 13.7 Å². The molecule has 0 amide bonds. The summed E-state index contributed by atoms with van der Waals surface area (Å²) in [5, 5.41) is 0. The Morgan fingerprint density at radius 3 is 2.27 bits per heavy atom. The van der Waals surface area contributed by atoms with Crippen LogP contribution in [-0.2, 0) is 9.53 Å². The zero-order chi connectivity index (χ0) is 7.61. The van der Waals surface area contributed by atoms with Crippen LogP contribution in [0, 0.1) is 5.41 Å². The van der Waals surface area contributed by atoms with E-state index in [2.05, 4.69) is 4.74 Å². The van der Waals surface area contributed by atoms with Gasteiger partial charge in [-0.3, -0.25) is 4.79 Å². The largest absolute Gasteiger partial charge is 0.469 e. The molecule has 0 unspecified atom stereocenters. The predicted molar refractivity (Wildman–Crippen MR) is 44.6 cm³/mol. The molecule has 1 rings (SSSR count). The lowest BCUT2D eigenvalue weighted by Gasteiger charge is -2.37. The molecule has 3 nitrogen and oxygen atoms in total. The Bertz CT molecular complexity index is 140. The van der Waals surface area contributed by atoms with Crippen LogP contribution in [0.3, 0.4) is 0 Å². The first kappa shape index (κ1) is 10.7. The van der Waals surface area contributed by atoms with Crippen LogP contribution in [0.2, 0.25) is 0 Å². The fourth-order valence-electron chi connectivity index (χ4n) is 1.31. The Labute approximate surface area is 72.7 Å². The lowest BCUT2D eigenvalue weighted by molar-refractivity contribution is -0.157. The van der Waals surface area contributed by atoms with Gasteiger partial charge in [0.15, 0.2) is 0 Å². The molecular weight excluding hydrogens is 166 g/mol. The number of methoxy groups -OCH3 is 1. The van der Waals surface area contributed by atoms with Crippen molar-refractivity contribution in [3.63, 3.8) is 0 Å². The Balaban J connectivity index is 0.000001000. The first-order valence-corrected chi connectivity index (χ1v) is 3.54. The molecule has 0 aromatic carbocycles. The van der Waals surface area contributed by atoms with Gasteiger partial charge in [0.1, 0.15) is 0 Å². The van der Waals surface area contributed by atoms with Gasteiger partial charge >= 0.3 is 5.97 Å². The number of rotatable bonds is 2. The summed E-state index contributed by atoms with van der Waals surface area (Å²) in [5.74, 6) is -0.138. The van der Waals surface area contributed by atoms with E-state index < -0.39 is 0 Å². The van der Waals surface area contributed by atoms with Crippen molar-refractivity contribution in [1.29, 1.82) is 0 Å². The van der Waals surface area contributed by atoms with Crippen molar-refractivity contribution in [3.8, 4) is 0 Å². The summed E-state index contributed by atoms with van der Waals surface area (Å²) >= 11 is 0. The Hall–Kier alpha value is -0.280. The molecule has 0 spiro atoms. The van der Waals surface area contributed by atoms with Crippen molar-refractivity contribution < 1.29 is 9.53 Å². The van der Waals surface area contributed by atoms with Crippen LogP contribution in [0.1, 0.15) is 19.3 Å². The number of nitrogens with two attached hydrogens (primary N) is 1. The molecule has 0 heterocycles. The molecule has 0 bridgehead atoms. The van der Waals surface area contributed by atoms with Crippen molar-refractivity contribution >= 4 is 18.4 Å². The number of hydrogen-bond acceptors (Lipinski definition) is 3. The molecule has 11 heavy (non-hydrogen) atoms. The third-order valence-electron chi connectivity index (χ3n) is 2.32. The maximum absolute atomic E-state index is 11.0. The summed E-state index contributed by atoms with van der Waals surface area (Å²) in [6, 6.07) is 0. The van der Waals surface area contributed by atoms with Gasteiger partial charge in [-0.1, -0.05) is 6.42 Å². The van der Waals surface area contributed by atoms with Crippen LogP contribution in [0.4, 0.5) is 0 Å². The molecule has 0 radical (unpaired) electrons. The number of halogens is 1. The summed E-state index contributed by atoms with van der Waals surface area (Å²) in [7, 11) is 1.41. The average molecular weight is 180 g/mol. The maximum atomic E-state index is 11.0. The summed E-state index contributed by atoms with van der Waals surface area (Å²) in [6.45, 7) is 0.430. The lowest BCUT2D eigenvalue weighted by Crippen LogP contribution is -2.44. The molecule has 0 aromatic heterocycles. The van der Waals surface area contributed by atoms with E-state index >= 15 is 0 Å². The maximum Gasteiger partial charge on any atom is 0.313 e. The van der Waals surface area contributed by atoms with Crippen molar-refractivity contribution in [2.45, 2.75) is 19.3 Å². The zero-order valence-electron chi connectivity index (χ0n) is 6.63. The van der Waals surface area contributed by atoms with Gasteiger partial charge in [0.2, 0.25) is 0 Å². The van der Waals surface area contributed by atoms with Gasteiger partial charge in [-0.05, 0) is 12.8 Å². The Morgan fingerprint density at radius 2 is 2.18 bits per heavy atom. The third kappa shape index (κ3) is 1.65. The highest BCUT2D eigenvalue weighted by atomic mass is 35.5. The van der Waals surface area contributed by atoms with E-state index in [9.17, 15) is 4.79 Å². The lowest BCUT2D eigenvalue weighted by atomic mass is 9.69. The van der Waals surface area contributed by atoms with Gasteiger partial charge in [-0.2, -0.15) is 0 Å². The minimum absolute atomic E-state index is 0. The number of hydrogen-bond donors (Lipinski definition) is 1. The van der Waals surface area contributed by atoms with E-state index in [1.165, 1.54) is 7.11 Å². The highest BCUT2D eigenvalue weighted by molar-refractivity contribution is 5.85. The molecule has 4 heteroatoms. The normalized spacial score (nSPS) is 19.5. The second-order valence-electron chi connectivity index (χ2n) is 2.83. The fourth-order valence-corrected chi connectivity index (χ4v) is 1.31. The predicted octanol–water partition coefficient (Wildman–Crippen LogP) is 0.710. The number of ether oxygens (including phenoxy) is 1. The standard InChI is InChI=1S/C7H13NO2.ClH/c1-10-6(9)7(5-8)3-2-4-7;/h2-5,8H2,1H3;1H. The molecule has 0 aliphatic heterocycles. The van der Waals surface area contributed by atoms with Crippen LogP contribution < -0.4 is 5.73 Å². The molecule has 0 atom stereocenters.